The predicted molar refractivity (Wildman–Crippen MR) is 144 cm³/mol. The van der Waals surface area contributed by atoms with Crippen molar-refractivity contribution in [1.29, 1.82) is 0 Å². The Balaban J connectivity index is 1.53. The molecule has 0 unspecified atom stereocenters. The van der Waals surface area contributed by atoms with Gasteiger partial charge in [-0.15, -0.1) is 10.2 Å². The van der Waals surface area contributed by atoms with Gasteiger partial charge in [-0.1, -0.05) is 23.9 Å². The number of nitrogens with one attached hydrogen (secondary N) is 2. The molecule has 2 aromatic carbocycles. The van der Waals surface area contributed by atoms with Gasteiger partial charge >= 0.3 is 0 Å². The van der Waals surface area contributed by atoms with E-state index in [1.165, 1.54) is 11.8 Å². The van der Waals surface area contributed by atoms with Gasteiger partial charge in [0.1, 0.15) is 11.6 Å². The second-order valence-corrected chi connectivity index (χ2v) is 9.87. The molecular formula is C25H28N6O3S2. The lowest BCUT2D eigenvalue weighted by Crippen LogP contribution is -2.31. The van der Waals surface area contributed by atoms with E-state index in [-0.39, 0.29) is 17.5 Å². The maximum atomic E-state index is 13.0. The molecule has 2 aromatic heterocycles. The molecule has 0 saturated carbocycles. The van der Waals surface area contributed by atoms with Crippen LogP contribution in [-0.4, -0.2) is 49.8 Å². The molecule has 0 saturated heterocycles. The first-order valence-corrected chi connectivity index (χ1v) is 13.9. The number of nitrogens with zero attached hydrogens (tertiary/aromatic N) is 4. The highest BCUT2D eigenvalue weighted by Crippen LogP contribution is 2.26. The highest BCUT2D eigenvalue weighted by Gasteiger charge is 2.23. The number of aromatic nitrogens is 5. The Morgan fingerprint density at radius 3 is 2.67 bits per heavy atom. The average molecular weight is 525 g/mol. The normalized spacial score (nSPS) is 12.0. The molecular weight excluding hydrogens is 496 g/mol. The number of rotatable bonds is 11. The number of hydrogen-bond acceptors (Lipinski definition) is 8. The molecule has 0 aliphatic rings. The molecule has 0 radical (unpaired) electrons. The van der Waals surface area contributed by atoms with Gasteiger partial charge in [-0.3, -0.25) is 9.59 Å². The Bertz CT molecular complexity index is 1390. The van der Waals surface area contributed by atoms with Crippen molar-refractivity contribution in [2.45, 2.75) is 36.8 Å². The Kier molecular flexibility index (Phi) is 8.65. The van der Waals surface area contributed by atoms with Crippen molar-refractivity contribution >= 4 is 40.3 Å². The van der Waals surface area contributed by atoms with Crippen LogP contribution in [0, 0.1) is 0 Å². The third kappa shape index (κ3) is 5.90. The van der Waals surface area contributed by atoms with Crippen molar-refractivity contribution in [2.24, 2.45) is 0 Å². The Morgan fingerprint density at radius 1 is 1.17 bits per heavy atom. The van der Waals surface area contributed by atoms with Crippen molar-refractivity contribution in [1.82, 2.24) is 30.0 Å². The maximum absolute atomic E-state index is 13.0. The summed E-state index contributed by atoms with van der Waals surface area (Å²) in [5.74, 6) is 3.08. The molecule has 9 nitrogen and oxygen atoms in total. The Hall–Kier alpha value is -3.31. The van der Waals surface area contributed by atoms with Crippen LogP contribution in [0.4, 0.5) is 0 Å². The van der Waals surface area contributed by atoms with Crippen molar-refractivity contribution < 1.29 is 9.53 Å². The molecule has 0 aliphatic carbocycles. The molecule has 0 aliphatic heterocycles. The van der Waals surface area contributed by atoms with E-state index in [1.807, 2.05) is 35.9 Å². The molecule has 0 fully saturated rings. The smallest absolute Gasteiger partial charge is 0.258 e. The quantitative estimate of drug-likeness (QED) is 0.282. The summed E-state index contributed by atoms with van der Waals surface area (Å²) in [6.45, 7) is 2.66. The minimum Gasteiger partial charge on any atom is -0.497 e. The van der Waals surface area contributed by atoms with Crippen LogP contribution in [0.2, 0.25) is 0 Å². The molecule has 1 atom stereocenters. The van der Waals surface area contributed by atoms with Gasteiger partial charge in [-0.2, -0.15) is 11.8 Å². The zero-order chi connectivity index (χ0) is 25.5. The summed E-state index contributed by atoms with van der Waals surface area (Å²) in [6, 6.07) is 14.0. The SMILES string of the molecule is CCn1c(SCc2nc3ccccc3c(=O)[nH]2)nnc1[C@H](CCSC)NC(=O)c1ccc(OC)cc1. The van der Waals surface area contributed by atoms with E-state index < -0.39 is 0 Å². The molecule has 1 amide bonds. The van der Waals surface area contributed by atoms with Crippen LogP contribution in [0.1, 0.15) is 41.4 Å². The van der Waals surface area contributed by atoms with Crippen molar-refractivity contribution in [2.75, 3.05) is 19.1 Å². The summed E-state index contributed by atoms with van der Waals surface area (Å²) in [5.41, 5.74) is 1.05. The first-order valence-electron chi connectivity index (χ1n) is 11.5. The van der Waals surface area contributed by atoms with Crippen molar-refractivity contribution in [3.05, 3.63) is 76.1 Å². The van der Waals surface area contributed by atoms with Gasteiger partial charge in [0, 0.05) is 12.1 Å². The molecule has 4 rings (SSSR count). The first kappa shape index (κ1) is 25.8. The number of thioether (sulfide) groups is 2. The van der Waals surface area contributed by atoms with E-state index in [9.17, 15) is 9.59 Å². The van der Waals surface area contributed by atoms with Gasteiger partial charge < -0.3 is 19.6 Å². The third-order valence-electron chi connectivity index (χ3n) is 5.64. The highest BCUT2D eigenvalue weighted by molar-refractivity contribution is 7.98. The van der Waals surface area contributed by atoms with Gasteiger partial charge in [-0.05, 0) is 61.8 Å². The summed E-state index contributed by atoms with van der Waals surface area (Å²) < 4.78 is 7.19. The summed E-state index contributed by atoms with van der Waals surface area (Å²) >= 11 is 3.16. The molecule has 4 aromatic rings. The topological polar surface area (TPSA) is 115 Å². The zero-order valence-electron chi connectivity index (χ0n) is 20.4. The zero-order valence-corrected chi connectivity index (χ0v) is 22.0. The van der Waals surface area contributed by atoms with Gasteiger partial charge in [0.2, 0.25) is 0 Å². The number of H-pyrrole nitrogens is 1. The fourth-order valence-electron chi connectivity index (χ4n) is 3.78. The molecule has 36 heavy (non-hydrogen) atoms. The molecule has 188 valence electrons. The number of methoxy groups -OCH3 is 1. The van der Waals surface area contributed by atoms with E-state index in [0.717, 1.165) is 5.75 Å². The van der Waals surface area contributed by atoms with Crippen LogP contribution in [0.3, 0.4) is 0 Å². The largest absolute Gasteiger partial charge is 0.497 e. The van der Waals surface area contributed by atoms with Crippen molar-refractivity contribution in [3.63, 3.8) is 0 Å². The van der Waals surface area contributed by atoms with Crippen LogP contribution in [0.25, 0.3) is 10.9 Å². The lowest BCUT2D eigenvalue weighted by Gasteiger charge is -2.19. The number of benzene rings is 2. The van der Waals surface area contributed by atoms with Gasteiger partial charge in [0.25, 0.3) is 11.5 Å². The second kappa shape index (κ2) is 12.1. The first-order chi connectivity index (χ1) is 17.5. The summed E-state index contributed by atoms with van der Waals surface area (Å²) in [6.07, 6.45) is 2.75. The minimum absolute atomic E-state index is 0.160. The maximum Gasteiger partial charge on any atom is 0.258 e. The summed E-state index contributed by atoms with van der Waals surface area (Å²) in [7, 11) is 1.59. The number of carbonyl (C=O) groups excluding carboxylic acids is 1. The third-order valence-corrected chi connectivity index (χ3v) is 7.26. The van der Waals surface area contributed by atoms with Crippen LogP contribution in [0.15, 0.2) is 58.5 Å². The number of para-hydroxylation sites is 1. The number of aromatic amines is 1. The monoisotopic (exact) mass is 524 g/mol. The molecule has 2 N–H and O–H groups in total. The minimum atomic E-state index is -0.299. The number of amides is 1. The Morgan fingerprint density at radius 2 is 1.94 bits per heavy atom. The molecule has 2 heterocycles. The summed E-state index contributed by atoms with van der Waals surface area (Å²) in [5, 5.41) is 13.2. The van der Waals surface area contributed by atoms with Crippen LogP contribution in [-0.2, 0) is 12.3 Å². The van der Waals surface area contributed by atoms with E-state index in [4.69, 9.17) is 4.74 Å². The van der Waals surface area contributed by atoms with E-state index in [1.54, 1.807) is 49.2 Å². The summed E-state index contributed by atoms with van der Waals surface area (Å²) in [4.78, 5) is 32.8. The second-order valence-electron chi connectivity index (χ2n) is 7.94. The van der Waals surface area contributed by atoms with Crippen LogP contribution in [0.5, 0.6) is 5.75 Å². The van der Waals surface area contributed by atoms with E-state index >= 15 is 0 Å². The number of hydrogen-bond donors (Lipinski definition) is 2. The fourth-order valence-corrected chi connectivity index (χ4v) is 5.13. The van der Waals surface area contributed by atoms with Gasteiger partial charge in [0.05, 0.1) is 29.8 Å². The lowest BCUT2D eigenvalue weighted by atomic mass is 10.1. The molecule has 11 heteroatoms. The fraction of sp³-hybridized carbons (Fsp3) is 0.320. The average Bonchev–Trinajstić information content (AvgIpc) is 3.32. The van der Waals surface area contributed by atoms with Crippen LogP contribution >= 0.6 is 23.5 Å². The van der Waals surface area contributed by atoms with Gasteiger partial charge in [-0.25, -0.2) is 4.98 Å². The van der Waals surface area contributed by atoms with E-state index in [0.29, 0.717) is 57.7 Å². The number of carbonyl (C=O) groups is 1. The number of ether oxygens (including phenoxy) is 1. The predicted octanol–water partition coefficient (Wildman–Crippen LogP) is 4.06. The van der Waals surface area contributed by atoms with Crippen LogP contribution < -0.4 is 15.6 Å². The molecule has 0 spiro atoms. The van der Waals surface area contributed by atoms with Crippen molar-refractivity contribution in [3.8, 4) is 5.75 Å². The highest BCUT2D eigenvalue weighted by atomic mass is 32.2. The number of fused-ring (bicyclic) bond motifs is 1. The molecule has 0 bridgehead atoms. The Labute approximate surface area is 217 Å². The lowest BCUT2D eigenvalue weighted by molar-refractivity contribution is 0.0933. The van der Waals surface area contributed by atoms with E-state index in [2.05, 4.69) is 25.5 Å². The van der Waals surface area contributed by atoms with Gasteiger partial charge in [0.15, 0.2) is 11.0 Å². The standard InChI is InChI=1S/C25H28N6O3S2/c1-4-31-22(20(13-14-35-3)27-23(32)16-9-11-17(34-2)12-10-16)29-30-25(31)36-15-21-26-19-8-6-5-7-18(19)24(33)28-21/h5-12,20H,4,13-15H2,1-3H3,(H,27,32)(H,26,28,33)/t20-/m0/s1.